The van der Waals surface area contributed by atoms with Crippen LogP contribution in [-0.2, 0) is 0 Å². The zero-order chi connectivity index (χ0) is 12.8. The molecule has 1 N–H and O–H groups in total. The molecule has 0 aromatic heterocycles. The van der Waals surface area contributed by atoms with E-state index in [-0.39, 0.29) is 6.04 Å². The molecule has 1 unspecified atom stereocenters. The summed E-state index contributed by atoms with van der Waals surface area (Å²) in [4.78, 5) is 0. The maximum atomic E-state index is 5.34. The van der Waals surface area contributed by atoms with Gasteiger partial charge in [0.2, 0.25) is 0 Å². The molecule has 2 aromatic rings. The van der Waals surface area contributed by atoms with Crippen LogP contribution in [-0.4, -0.2) is 6.54 Å². The van der Waals surface area contributed by atoms with Gasteiger partial charge in [0.1, 0.15) is 0 Å². The van der Waals surface area contributed by atoms with Gasteiger partial charge in [-0.15, -0.1) is 6.42 Å². The Morgan fingerprint density at radius 2 is 1.61 bits per heavy atom. The molecule has 0 saturated carbocycles. The van der Waals surface area contributed by atoms with Gasteiger partial charge in [0, 0.05) is 0 Å². The molecule has 0 aliphatic carbocycles. The second-order valence-corrected chi connectivity index (χ2v) is 4.34. The van der Waals surface area contributed by atoms with Crippen molar-refractivity contribution < 1.29 is 0 Å². The van der Waals surface area contributed by atoms with E-state index in [0.717, 1.165) is 0 Å². The molecule has 2 aromatic carbocycles. The number of rotatable bonds is 4. The van der Waals surface area contributed by atoms with Crippen LogP contribution < -0.4 is 5.32 Å². The Morgan fingerprint density at radius 3 is 2.22 bits per heavy atom. The Kier molecular flexibility index (Phi) is 4.17. The van der Waals surface area contributed by atoms with E-state index >= 15 is 0 Å². The lowest BCUT2D eigenvalue weighted by molar-refractivity contribution is 0.659. The fourth-order valence-corrected chi connectivity index (χ4v) is 1.99. The summed E-state index contributed by atoms with van der Waals surface area (Å²) in [6, 6.07) is 19.1. The van der Waals surface area contributed by atoms with Crippen LogP contribution in [0.5, 0.6) is 0 Å². The molecule has 0 bridgehead atoms. The van der Waals surface area contributed by atoms with Crippen LogP contribution in [0.3, 0.4) is 0 Å². The lowest BCUT2D eigenvalue weighted by Crippen LogP contribution is -2.22. The Morgan fingerprint density at radius 1 is 1.00 bits per heavy atom. The van der Waals surface area contributed by atoms with Crippen molar-refractivity contribution in [1.82, 2.24) is 5.32 Å². The predicted octanol–water partition coefficient (Wildman–Crippen LogP) is 3.31. The summed E-state index contributed by atoms with van der Waals surface area (Å²) in [5.74, 6) is 2.64. The van der Waals surface area contributed by atoms with Gasteiger partial charge >= 0.3 is 0 Å². The minimum absolute atomic E-state index is 0.155. The first kappa shape index (κ1) is 12.4. The van der Waals surface area contributed by atoms with Crippen LogP contribution in [0.4, 0.5) is 0 Å². The third-order valence-corrected chi connectivity index (χ3v) is 2.95. The molecule has 1 heteroatoms. The molecular weight excluding hydrogens is 218 g/mol. The van der Waals surface area contributed by atoms with E-state index in [1.807, 2.05) is 18.2 Å². The third-order valence-electron chi connectivity index (χ3n) is 2.95. The summed E-state index contributed by atoms with van der Waals surface area (Å²) >= 11 is 0. The van der Waals surface area contributed by atoms with Gasteiger partial charge in [-0.1, -0.05) is 66.1 Å². The van der Waals surface area contributed by atoms with E-state index in [4.69, 9.17) is 6.42 Å². The molecule has 0 aliphatic heterocycles. The summed E-state index contributed by atoms with van der Waals surface area (Å²) in [6.07, 6.45) is 5.34. The van der Waals surface area contributed by atoms with Gasteiger partial charge in [0.05, 0.1) is 12.6 Å². The molecular formula is C17H17N. The van der Waals surface area contributed by atoms with E-state index in [9.17, 15) is 0 Å². The SMILES string of the molecule is C#CCNC(c1ccccc1)c1ccc(C)cc1. The summed E-state index contributed by atoms with van der Waals surface area (Å²) in [5.41, 5.74) is 3.74. The Labute approximate surface area is 109 Å². The number of benzene rings is 2. The smallest absolute Gasteiger partial charge is 0.0584 e. The second kappa shape index (κ2) is 6.05. The lowest BCUT2D eigenvalue weighted by Gasteiger charge is -2.18. The van der Waals surface area contributed by atoms with Gasteiger partial charge in [-0.05, 0) is 18.1 Å². The van der Waals surface area contributed by atoms with Crippen LogP contribution in [0.1, 0.15) is 22.7 Å². The van der Waals surface area contributed by atoms with Crippen molar-refractivity contribution in [2.24, 2.45) is 0 Å². The van der Waals surface area contributed by atoms with Gasteiger partial charge in [-0.3, -0.25) is 5.32 Å². The molecule has 1 nitrogen and oxygen atoms in total. The summed E-state index contributed by atoms with van der Waals surface area (Å²) in [7, 11) is 0. The highest BCUT2D eigenvalue weighted by molar-refractivity contribution is 5.33. The van der Waals surface area contributed by atoms with E-state index in [1.54, 1.807) is 0 Å². The molecule has 0 spiro atoms. The monoisotopic (exact) mass is 235 g/mol. The molecule has 0 fully saturated rings. The molecule has 0 heterocycles. The number of aryl methyl sites for hydroxylation is 1. The minimum atomic E-state index is 0.155. The number of nitrogens with one attached hydrogen (secondary N) is 1. The van der Waals surface area contributed by atoms with E-state index in [1.165, 1.54) is 16.7 Å². The molecule has 2 rings (SSSR count). The van der Waals surface area contributed by atoms with Crippen molar-refractivity contribution in [3.8, 4) is 12.3 Å². The van der Waals surface area contributed by atoms with Crippen molar-refractivity contribution in [3.05, 3.63) is 71.3 Å². The maximum Gasteiger partial charge on any atom is 0.0584 e. The summed E-state index contributed by atoms with van der Waals surface area (Å²) in [6.45, 7) is 2.66. The molecule has 0 saturated heterocycles. The quantitative estimate of drug-likeness (QED) is 0.802. The van der Waals surface area contributed by atoms with Crippen LogP contribution in [0.2, 0.25) is 0 Å². The average molecular weight is 235 g/mol. The van der Waals surface area contributed by atoms with Gasteiger partial charge in [-0.25, -0.2) is 0 Å². The molecule has 0 aliphatic rings. The van der Waals surface area contributed by atoms with Gasteiger partial charge in [-0.2, -0.15) is 0 Å². The van der Waals surface area contributed by atoms with Crippen molar-refractivity contribution in [1.29, 1.82) is 0 Å². The maximum absolute atomic E-state index is 5.34. The summed E-state index contributed by atoms with van der Waals surface area (Å²) < 4.78 is 0. The fourth-order valence-electron chi connectivity index (χ4n) is 1.99. The van der Waals surface area contributed by atoms with E-state index in [2.05, 4.69) is 54.6 Å². The number of hydrogen-bond acceptors (Lipinski definition) is 1. The van der Waals surface area contributed by atoms with Crippen LogP contribution in [0, 0.1) is 19.3 Å². The molecule has 0 radical (unpaired) electrons. The molecule has 0 amide bonds. The third kappa shape index (κ3) is 3.00. The normalized spacial score (nSPS) is 11.8. The zero-order valence-electron chi connectivity index (χ0n) is 10.6. The second-order valence-electron chi connectivity index (χ2n) is 4.34. The number of terminal acetylenes is 1. The Balaban J connectivity index is 2.31. The highest BCUT2D eigenvalue weighted by Crippen LogP contribution is 2.21. The van der Waals surface area contributed by atoms with Gasteiger partial charge in [0.25, 0.3) is 0 Å². The van der Waals surface area contributed by atoms with Crippen LogP contribution >= 0.6 is 0 Å². The van der Waals surface area contributed by atoms with Crippen LogP contribution in [0.25, 0.3) is 0 Å². The highest BCUT2D eigenvalue weighted by atomic mass is 14.9. The van der Waals surface area contributed by atoms with Gasteiger partial charge in [0.15, 0.2) is 0 Å². The van der Waals surface area contributed by atoms with Crippen molar-refractivity contribution >= 4 is 0 Å². The van der Waals surface area contributed by atoms with Crippen molar-refractivity contribution in [3.63, 3.8) is 0 Å². The first-order valence-electron chi connectivity index (χ1n) is 6.09. The standard InChI is InChI=1S/C17H17N/c1-3-13-18-17(15-7-5-4-6-8-15)16-11-9-14(2)10-12-16/h1,4-12,17-18H,13H2,2H3. The highest BCUT2D eigenvalue weighted by Gasteiger charge is 2.12. The lowest BCUT2D eigenvalue weighted by atomic mass is 9.98. The van der Waals surface area contributed by atoms with Crippen molar-refractivity contribution in [2.75, 3.05) is 6.54 Å². The fraction of sp³-hybridized carbons (Fsp3) is 0.176. The van der Waals surface area contributed by atoms with Crippen LogP contribution in [0.15, 0.2) is 54.6 Å². The number of hydrogen-bond donors (Lipinski definition) is 1. The zero-order valence-corrected chi connectivity index (χ0v) is 10.6. The first-order chi connectivity index (χ1) is 8.81. The first-order valence-corrected chi connectivity index (χ1v) is 6.09. The molecule has 1 atom stereocenters. The summed E-state index contributed by atoms with van der Waals surface area (Å²) in [5, 5.41) is 3.39. The van der Waals surface area contributed by atoms with E-state index < -0.39 is 0 Å². The van der Waals surface area contributed by atoms with Crippen molar-refractivity contribution in [2.45, 2.75) is 13.0 Å². The molecule has 90 valence electrons. The minimum Gasteiger partial charge on any atom is -0.295 e. The Bertz CT molecular complexity index is 520. The van der Waals surface area contributed by atoms with E-state index in [0.29, 0.717) is 6.54 Å². The topological polar surface area (TPSA) is 12.0 Å². The largest absolute Gasteiger partial charge is 0.295 e. The molecule has 18 heavy (non-hydrogen) atoms. The van der Waals surface area contributed by atoms with Gasteiger partial charge < -0.3 is 0 Å². The average Bonchev–Trinajstić information content (AvgIpc) is 2.42. The Hall–Kier alpha value is -2.04. The predicted molar refractivity (Wildman–Crippen MR) is 76.3 cm³/mol.